The number of fused-ring (bicyclic) bond motifs is 5. The van der Waals surface area contributed by atoms with Crippen LogP contribution in [0, 0.1) is 18.3 Å². The summed E-state index contributed by atoms with van der Waals surface area (Å²) >= 11 is 0. The summed E-state index contributed by atoms with van der Waals surface area (Å²) in [5.41, 5.74) is 3.43. The molecule has 0 N–H and O–H groups in total. The number of hydrogen-bond acceptors (Lipinski definition) is 1. The van der Waals surface area contributed by atoms with Crippen LogP contribution < -0.4 is 9.30 Å². The van der Waals surface area contributed by atoms with Gasteiger partial charge in [0.25, 0.3) is 0 Å². The number of benzene rings is 4. The van der Waals surface area contributed by atoms with Crippen molar-refractivity contribution < 1.29 is 22.5 Å². The lowest BCUT2D eigenvalue weighted by Gasteiger charge is -2.28. The maximum atomic E-state index is 13.7. The van der Waals surface area contributed by atoms with E-state index in [1.807, 2.05) is 24.3 Å². The van der Waals surface area contributed by atoms with Crippen LogP contribution in [-0.4, -0.2) is 6.18 Å². The molecular weight excluding hydrogens is 495 g/mol. The van der Waals surface area contributed by atoms with Gasteiger partial charge in [-0.05, 0) is 64.4 Å². The van der Waals surface area contributed by atoms with E-state index in [2.05, 4.69) is 68.9 Å². The van der Waals surface area contributed by atoms with Gasteiger partial charge >= 0.3 is 6.18 Å². The third-order valence-electron chi connectivity index (χ3n) is 8.27. The summed E-state index contributed by atoms with van der Waals surface area (Å²) in [5, 5.41) is 6.33. The largest absolute Gasteiger partial charge is 0.455 e. The summed E-state index contributed by atoms with van der Waals surface area (Å²) in [5.74, 6) is 2.16. The van der Waals surface area contributed by atoms with Crippen molar-refractivity contribution in [2.75, 3.05) is 0 Å². The van der Waals surface area contributed by atoms with Crippen molar-refractivity contribution in [3.8, 4) is 22.8 Å². The first-order valence-electron chi connectivity index (χ1n) is 13.5. The topological polar surface area (TPSA) is 13.1 Å². The number of nitrogens with zero attached hydrogens (tertiary/aromatic N) is 1. The minimum atomic E-state index is -4.28. The molecule has 0 saturated carbocycles. The van der Waals surface area contributed by atoms with E-state index in [0.717, 1.165) is 50.7 Å². The highest BCUT2D eigenvalue weighted by Crippen LogP contribution is 2.52. The Morgan fingerprint density at radius 3 is 2.31 bits per heavy atom. The lowest BCUT2D eigenvalue weighted by atomic mass is 9.83. The van der Waals surface area contributed by atoms with Gasteiger partial charge in [-0.1, -0.05) is 70.2 Å². The Bertz CT molecular complexity index is 1800. The highest BCUT2D eigenvalue weighted by Gasteiger charge is 2.47. The Kier molecular flexibility index (Phi) is 5.73. The first-order chi connectivity index (χ1) is 18.4. The molecule has 0 saturated heterocycles. The molecule has 5 heteroatoms. The van der Waals surface area contributed by atoms with E-state index < -0.39 is 11.6 Å². The lowest BCUT2D eigenvalue weighted by molar-refractivity contribution is -0.659. The van der Waals surface area contributed by atoms with Gasteiger partial charge in [0.1, 0.15) is 18.5 Å². The Morgan fingerprint density at radius 1 is 0.897 bits per heavy atom. The zero-order chi connectivity index (χ0) is 27.9. The zero-order valence-electron chi connectivity index (χ0n) is 23.3. The van der Waals surface area contributed by atoms with Gasteiger partial charge in [-0.25, -0.2) is 4.57 Å². The van der Waals surface area contributed by atoms with Gasteiger partial charge in [0, 0.05) is 17.0 Å². The van der Waals surface area contributed by atoms with E-state index in [1.165, 1.54) is 35.7 Å². The summed E-state index contributed by atoms with van der Waals surface area (Å²) in [4.78, 5) is 0. The fourth-order valence-corrected chi connectivity index (χ4v) is 6.17. The fraction of sp³-hybridized carbons (Fsp3) is 0.324. The number of halogens is 3. The van der Waals surface area contributed by atoms with Crippen molar-refractivity contribution in [3.05, 3.63) is 77.5 Å². The summed E-state index contributed by atoms with van der Waals surface area (Å²) in [6.07, 6.45) is -1.41. The first kappa shape index (κ1) is 25.7. The molecule has 0 spiro atoms. The van der Waals surface area contributed by atoms with Gasteiger partial charge in [0.05, 0.1) is 16.4 Å². The van der Waals surface area contributed by atoms with Crippen molar-refractivity contribution in [2.24, 2.45) is 18.4 Å². The predicted molar refractivity (Wildman–Crippen MR) is 152 cm³/mol. The number of rotatable bonds is 4. The molecule has 2 heterocycles. The van der Waals surface area contributed by atoms with Crippen LogP contribution in [0.5, 0.6) is 11.5 Å². The number of hydrogen-bond donors (Lipinski definition) is 0. The molecule has 0 fully saturated rings. The molecule has 1 aliphatic heterocycles. The summed E-state index contributed by atoms with van der Waals surface area (Å²) < 4.78 is 50.0. The van der Waals surface area contributed by atoms with Crippen molar-refractivity contribution in [1.29, 1.82) is 0 Å². The Balaban J connectivity index is 1.66. The molecule has 0 unspecified atom stereocenters. The quantitative estimate of drug-likeness (QED) is 0.164. The summed E-state index contributed by atoms with van der Waals surface area (Å²) in [6, 6.07) is 18.3. The molecular formula is C34H33F3NO+. The van der Waals surface area contributed by atoms with Gasteiger partial charge in [0.15, 0.2) is 6.20 Å². The van der Waals surface area contributed by atoms with Crippen LogP contribution in [0.1, 0.15) is 44.4 Å². The average Bonchev–Trinajstić information content (AvgIpc) is 2.86. The summed E-state index contributed by atoms with van der Waals surface area (Å²) in [6.45, 7) is 9.14. The summed E-state index contributed by atoms with van der Waals surface area (Å²) in [7, 11) is 2.05. The number of pyridine rings is 1. The van der Waals surface area contributed by atoms with Crippen LogP contribution in [0.3, 0.4) is 0 Å². The van der Waals surface area contributed by atoms with Gasteiger partial charge in [-0.3, -0.25) is 0 Å². The van der Waals surface area contributed by atoms with Gasteiger partial charge in [0.2, 0.25) is 5.69 Å². The van der Waals surface area contributed by atoms with E-state index in [9.17, 15) is 13.2 Å². The Morgan fingerprint density at radius 2 is 1.62 bits per heavy atom. The zero-order valence-corrected chi connectivity index (χ0v) is 23.3. The molecule has 0 atom stereocenters. The van der Waals surface area contributed by atoms with Gasteiger partial charge in [-0.15, -0.1) is 0 Å². The molecule has 0 amide bonds. The van der Waals surface area contributed by atoms with Crippen molar-refractivity contribution in [1.82, 2.24) is 0 Å². The standard InChI is InChI=1S/C34H33F3NO/c1-19(2)15-27-24-10-8-7-9-23(24)20(3)29-31-30-25(13-14-38(31)6)26-16-21(18-33(4,5)34(35,36)37)11-12-22(26)17-28(30)39-32(27)29/h7-14,16-17,19H,15,18H2,1-6H3/q+1. The van der Waals surface area contributed by atoms with Crippen LogP contribution in [0.4, 0.5) is 13.2 Å². The molecule has 2 nitrogen and oxygen atoms in total. The van der Waals surface area contributed by atoms with Crippen molar-refractivity contribution in [2.45, 2.75) is 53.6 Å². The van der Waals surface area contributed by atoms with Crippen LogP contribution in [0.25, 0.3) is 43.6 Å². The molecule has 4 aromatic carbocycles. The second-order valence-corrected chi connectivity index (χ2v) is 12.1. The molecule has 39 heavy (non-hydrogen) atoms. The second kappa shape index (κ2) is 8.70. The average molecular weight is 529 g/mol. The Hall–Kier alpha value is -3.60. The molecule has 6 rings (SSSR count). The number of ether oxygens (including phenoxy) is 1. The molecule has 200 valence electrons. The van der Waals surface area contributed by atoms with E-state index in [4.69, 9.17) is 4.74 Å². The number of aryl methyl sites for hydroxylation is 2. The molecule has 1 aromatic heterocycles. The second-order valence-electron chi connectivity index (χ2n) is 12.1. The highest BCUT2D eigenvalue weighted by molar-refractivity contribution is 6.16. The van der Waals surface area contributed by atoms with Crippen LogP contribution in [-0.2, 0) is 19.9 Å². The lowest BCUT2D eigenvalue weighted by Crippen LogP contribution is -2.34. The fourth-order valence-electron chi connectivity index (χ4n) is 6.17. The molecule has 5 aromatic rings. The van der Waals surface area contributed by atoms with Gasteiger partial charge in [-0.2, -0.15) is 13.2 Å². The normalized spacial score (nSPS) is 13.4. The Labute approximate surface area is 227 Å². The van der Waals surface area contributed by atoms with Crippen LogP contribution in [0.15, 0.2) is 60.8 Å². The third-order valence-corrected chi connectivity index (χ3v) is 8.27. The predicted octanol–water partition coefficient (Wildman–Crippen LogP) is 9.38. The van der Waals surface area contributed by atoms with Gasteiger partial charge < -0.3 is 4.74 Å². The van der Waals surface area contributed by atoms with E-state index in [0.29, 0.717) is 11.5 Å². The van der Waals surface area contributed by atoms with E-state index in [-0.39, 0.29) is 6.42 Å². The monoisotopic (exact) mass is 528 g/mol. The smallest absolute Gasteiger partial charge is 0.394 e. The first-order valence-corrected chi connectivity index (χ1v) is 13.5. The maximum Gasteiger partial charge on any atom is 0.394 e. The number of aromatic nitrogens is 1. The van der Waals surface area contributed by atoms with E-state index in [1.54, 1.807) is 0 Å². The molecule has 0 aliphatic carbocycles. The minimum absolute atomic E-state index is 0.0772. The number of alkyl halides is 3. The minimum Gasteiger partial charge on any atom is -0.455 e. The van der Waals surface area contributed by atoms with Crippen LogP contribution in [0.2, 0.25) is 0 Å². The molecule has 1 aliphatic rings. The van der Waals surface area contributed by atoms with Crippen molar-refractivity contribution in [3.63, 3.8) is 0 Å². The van der Waals surface area contributed by atoms with E-state index >= 15 is 0 Å². The SMILES string of the molecule is Cc1c2c(c(CC(C)C)c3ccccc13)Oc1cc3ccc(CC(C)(C)C(F)(F)F)cc3c3cc[n+](C)c-2c13. The van der Waals surface area contributed by atoms with Crippen LogP contribution >= 0.6 is 0 Å². The molecule has 0 radical (unpaired) electrons. The maximum absolute atomic E-state index is 13.7. The molecule has 0 bridgehead atoms. The third kappa shape index (κ3) is 3.97. The van der Waals surface area contributed by atoms with Crippen molar-refractivity contribution >= 4 is 32.3 Å². The highest BCUT2D eigenvalue weighted by atomic mass is 19.4.